The Morgan fingerprint density at radius 1 is 1.20 bits per heavy atom. The third-order valence-electron chi connectivity index (χ3n) is 3.62. The van der Waals surface area contributed by atoms with Crippen LogP contribution in [0.1, 0.15) is 52.0 Å². The minimum atomic E-state index is -1.03. The van der Waals surface area contributed by atoms with Gasteiger partial charge in [-0.05, 0) is 43.5 Å². The Bertz CT molecular complexity index is 521. The highest BCUT2D eigenvalue weighted by Crippen LogP contribution is 2.25. The molecule has 2 rings (SSSR count). The van der Waals surface area contributed by atoms with Gasteiger partial charge in [-0.1, -0.05) is 12.8 Å². The van der Waals surface area contributed by atoms with Gasteiger partial charge in [0.25, 0.3) is 5.91 Å². The fourth-order valence-electron chi connectivity index (χ4n) is 2.69. The Kier molecular flexibility index (Phi) is 4.39. The molecule has 0 aliphatic heterocycles. The number of carboxylic acids is 1. The monoisotopic (exact) mass is 277 g/mol. The lowest BCUT2D eigenvalue weighted by Gasteiger charge is -2.26. The van der Waals surface area contributed by atoms with E-state index >= 15 is 0 Å². The second-order valence-electron chi connectivity index (χ2n) is 5.14. The van der Waals surface area contributed by atoms with Crippen LogP contribution in [0.25, 0.3) is 0 Å². The fourth-order valence-corrected chi connectivity index (χ4v) is 2.69. The average molecular weight is 277 g/mol. The molecule has 0 radical (unpaired) electrons. The third kappa shape index (κ3) is 2.99. The van der Waals surface area contributed by atoms with Crippen LogP contribution in [0.5, 0.6) is 0 Å². The zero-order chi connectivity index (χ0) is 14.7. The lowest BCUT2D eigenvalue weighted by atomic mass is 10.1. The number of nitrogens with zero attached hydrogens (tertiary/aromatic N) is 1. The Balaban J connectivity index is 2.29. The molecule has 0 atom stereocenters. The van der Waals surface area contributed by atoms with E-state index in [1.54, 1.807) is 19.1 Å². The van der Waals surface area contributed by atoms with Gasteiger partial charge < -0.3 is 5.11 Å². The van der Waals surface area contributed by atoms with Crippen LogP contribution in [0.2, 0.25) is 0 Å². The van der Waals surface area contributed by atoms with Crippen molar-refractivity contribution in [2.24, 2.45) is 0 Å². The van der Waals surface area contributed by atoms with E-state index in [2.05, 4.69) is 0 Å². The van der Waals surface area contributed by atoms with Gasteiger partial charge in [-0.15, -0.1) is 0 Å². The predicted molar refractivity (Wildman–Crippen MR) is 73.6 cm³/mol. The summed E-state index contributed by atoms with van der Waals surface area (Å²) < 4.78 is 0. The molecule has 1 N–H and O–H groups in total. The molecule has 108 valence electrons. The van der Waals surface area contributed by atoms with E-state index in [-0.39, 0.29) is 17.5 Å². The van der Waals surface area contributed by atoms with E-state index < -0.39 is 5.97 Å². The Hall–Kier alpha value is -1.88. The van der Waals surface area contributed by atoms with Gasteiger partial charge in [0.1, 0.15) is 0 Å². The van der Waals surface area contributed by atoms with Crippen molar-refractivity contribution in [1.82, 2.24) is 5.06 Å². The van der Waals surface area contributed by atoms with Crippen molar-refractivity contribution in [3.05, 3.63) is 34.9 Å². The van der Waals surface area contributed by atoms with Gasteiger partial charge in [0.2, 0.25) is 0 Å². The van der Waals surface area contributed by atoms with Crippen molar-refractivity contribution in [2.45, 2.75) is 38.6 Å². The molecule has 0 bridgehead atoms. The number of amides is 1. The predicted octanol–water partition coefficient (Wildman–Crippen LogP) is 2.64. The summed E-state index contributed by atoms with van der Waals surface area (Å²) in [5, 5.41) is 10.4. The van der Waals surface area contributed by atoms with E-state index in [0.717, 1.165) is 31.2 Å². The van der Waals surface area contributed by atoms with E-state index in [0.29, 0.717) is 5.56 Å². The van der Waals surface area contributed by atoms with Crippen LogP contribution in [0.4, 0.5) is 0 Å². The number of carbonyl (C=O) groups is 2. The van der Waals surface area contributed by atoms with Gasteiger partial charge in [-0.3, -0.25) is 9.63 Å². The maximum atomic E-state index is 12.5. The van der Waals surface area contributed by atoms with Crippen LogP contribution < -0.4 is 0 Å². The zero-order valence-electron chi connectivity index (χ0n) is 11.8. The lowest BCUT2D eigenvalue weighted by molar-refractivity contribution is -0.121. The Morgan fingerprint density at radius 3 is 2.35 bits per heavy atom. The first-order valence-corrected chi connectivity index (χ1v) is 6.75. The third-order valence-corrected chi connectivity index (χ3v) is 3.62. The molecule has 0 unspecified atom stereocenters. The van der Waals surface area contributed by atoms with Gasteiger partial charge >= 0.3 is 5.97 Å². The lowest BCUT2D eigenvalue weighted by Crippen LogP contribution is -2.38. The molecule has 1 aromatic rings. The van der Waals surface area contributed by atoms with Gasteiger partial charge in [0, 0.05) is 5.56 Å². The van der Waals surface area contributed by atoms with Crippen LogP contribution in [0, 0.1) is 6.92 Å². The van der Waals surface area contributed by atoms with Gasteiger partial charge in [-0.2, -0.15) is 0 Å². The normalized spacial score (nSPS) is 15.3. The first-order valence-electron chi connectivity index (χ1n) is 6.75. The number of hydroxylamine groups is 2. The summed E-state index contributed by atoms with van der Waals surface area (Å²) in [6.07, 6.45) is 4.03. The molecule has 1 fully saturated rings. The Morgan fingerprint density at radius 2 is 1.80 bits per heavy atom. The molecule has 20 heavy (non-hydrogen) atoms. The van der Waals surface area contributed by atoms with Crippen molar-refractivity contribution in [3.8, 4) is 0 Å². The van der Waals surface area contributed by atoms with Crippen LogP contribution in [0.3, 0.4) is 0 Å². The quantitative estimate of drug-likeness (QED) is 0.859. The fraction of sp³-hybridized carbons (Fsp3) is 0.467. The van der Waals surface area contributed by atoms with Gasteiger partial charge in [-0.25, -0.2) is 9.86 Å². The molecule has 1 aliphatic carbocycles. The number of carbonyl (C=O) groups excluding carboxylic acids is 1. The molecule has 5 nitrogen and oxygen atoms in total. The smallest absolute Gasteiger partial charge is 0.335 e. The van der Waals surface area contributed by atoms with Crippen molar-refractivity contribution in [1.29, 1.82) is 0 Å². The molecule has 0 saturated heterocycles. The SMILES string of the molecule is CON(C(=O)c1cc(C)cc(C(=O)O)c1)C1CCCC1. The summed E-state index contributed by atoms with van der Waals surface area (Å²) in [5.41, 5.74) is 1.22. The number of aryl methyl sites for hydroxylation is 1. The second-order valence-corrected chi connectivity index (χ2v) is 5.14. The van der Waals surface area contributed by atoms with E-state index in [9.17, 15) is 9.59 Å². The number of carboxylic acid groups (broad SMARTS) is 1. The molecule has 0 aromatic heterocycles. The van der Waals surface area contributed by atoms with Gasteiger partial charge in [0.15, 0.2) is 0 Å². The molecule has 5 heteroatoms. The van der Waals surface area contributed by atoms with Crippen LogP contribution in [0.15, 0.2) is 18.2 Å². The molecule has 1 aromatic carbocycles. The topological polar surface area (TPSA) is 66.8 Å². The molecular formula is C15H19NO4. The second kappa shape index (κ2) is 6.05. The largest absolute Gasteiger partial charge is 0.478 e. The minimum absolute atomic E-state index is 0.0845. The standard InChI is InChI=1S/C15H19NO4/c1-10-7-11(9-12(8-10)15(18)19)14(17)16(20-2)13-5-3-4-6-13/h7-9,13H,3-6H2,1-2H3,(H,18,19). The number of benzene rings is 1. The van der Waals surface area contributed by atoms with Crippen LogP contribution in [-0.2, 0) is 4.84 Å². The van der Waals surface area contributed by atoms with Crippen LogP contribution >= 0.6 is 0 Å². The van der Waals surface area contributed by atoms with E-state index in [1.165, 1.54) is 18.2 Å². The summed E-state index contributed by atoms with van der Waals surface area (Å²) in [4.78, 5) is 28.8. The summed E-state index contributed by atoms with van der Waals surface area (Å²) in [6, 6.07) is 4.72. The maximum absolute atomic E-state index is 12.5. The van der Waals surface area contributed by atoms with Crippen molar-refractivity contribution >= 4 is 11.9 Å². The maximum Gasteiger partial charge on any atom is 0.335 e. The summed E-state index contributed by atoms with van der Waals surface area (Å²) in [6.45, 7) is 1.77. The van der Waals surface area contributed by atoms with Crippen LogP contribution in [-0.4, -0.2) is 35.2 Å². The Labute approximate surface area is 118 Å². The molecule has 1 amide bonds. The minimum Gasteiger partial charge on any atom is -0.478 e. The highest BCUT2D eigenvalue weighted by Gasteiger charge is 2.28. The number of rotatable bonds is 4. The van der Waals surface area contributed by atoms with E-state index in [1.807, 2.05) is 0 Å². The molecule has 1 saturated carbocycles. The first kappa shape index (κ1) is 14.5. The molecule has 0 spiro atoms. The number of aromatic carboxylic acids is 1. The van der Waals surface area contributed by atoms with Crippen molar-refractivity contribution in [3.63, 3.8) is 0 Å². The first-order chi connectivity index (χ1) is 9.52. The van der Waals surface area contributed by atoms with Crippen molar-refractivity contribution < 1.29 is 19.5 Å². The van der Waals surface area contributed by atoms with E-state index in [4.69, 9.17) is 9.94 Å². The van der Waals surface area contributed by atoms with Crippen molar-refractivity contribution in [2.75, 3.05) is 7.11 Å². The highest BCUT2D eigenvalue weighted by molar-refractivity contribution is 5.97. The zero-order valence-corrected chi connectivity index (χ0v) is 11.8. The highest BCUT2D eigenvalue weighted by atomic mass is 16.7. The summed E-state index contributed by atoms with van der Waals surface area (Å²) >= 11 is 0. The number of hydrogen-bond acceptors (Lipinski definition) is 3. The molecule has 1 aliphatic rings. The van der Waals surface area contributed by atoms with Gasteiger partial charge in [0.05, 0.1) is 18.7 Å². The average Bonchev–Trinajstić information content (AvgIpc) is 2.92. The number of hydrogen-bond donors (Lipinski definition) is 1. The summed E-state index contributed by atoms with van der Waals surface area (Å²) in [7, 11) is 1.48. The molecular weight excluding hydrogens is 258 g/mol. The molecule has 0 heterocycles. The summed E-state index contributed by atoms with van der Waals surface area (Å²) in [5.74, 6) is -1.31.